The van der Waals surface area contributed by atoms with Gasteiger partial charge in [0.15, 0.2) is 11.0 Å². The van der Waals surface area contributed by atoms with Crippen LogP contribution < -0.4 is 5.32 Å². The molecule has 1 amide bonds. The molecule has 0 fully saturated rings. The molecule has 0 unspecified atom stereocenters. The van der Waals surface area contributed by atoms with E-state index in [9.17, 15) is 4.79 Å². The molecule has 0 aliphatic carbocycles. The quantitative estimate of drug-likeness (QED) is 0.349. The lowest BCUT2D eigenvalue weighted by molar-refractivity contribution is -0.115. The summed E-state index contributed by atoms with van der Waals surface area (Å²) in [4.78, 5) is 16.9. The molecule has 10 heteroatoms. The SMILES string of the molecule is C[C@@H](Sc1nnc(-c2ccncc2)n1-c1ccc(Cl)c(Cl)c1)C(=O)Nc1cccc(C#N)c1. The van der Waals surface area contributed by atoms with Crippen LogP contribution in [0.15, 0.2) is 72.1 Å². The van der Waals surface area contributed by atoms with E-state index in [-0.39, 0.29) is 5.91 Å². The highest BCUT2D eigenvalue weighted by atomic mass is 35.5. The van der Waals surface area contributed by atoms with Crippen molar-refractivity contribution < 1.29 is 4.79 Å². The molecule has 2 aromatic carbocycles. The third-order valence-electron chi connectivity index (χ3n) is 4.64. The first-order valence-electron chi connectivity index (χ1n) is 9.75. The highest BCUT2D eigenvalue weighted by Crippen LogP contribution is 2.33. The summed E-state index contributed by atoms with van der Waals surface area (Å²) < 4.78 is 1.82. The van der Waals surface area contributed by atoms with Crippen molar-refractivity contribution in [3.8, 4) is 23.1 Å². The van der Waals surface area contributed by atoms with Gasteiger partial charge < -0.3 is 5.32 Å². The number of aromatic nitrogens is 4. The number of nitrogens with one attached hydrogen (secondary N) is 1. The monoisotopic (exact) mass is 494 g/mol. The van der Waals surface area contributed by atoms with Crippen molar-refractivity contribution in [1.82, 2.24) is 19.7 Å². The topological polar surface area (TPSA) is 96.5 Å². The van der Waals surface area contributed by atoms with E-state index in [1.165, 1.54) is 11.8 Å². The Morgan fingerprint density at radius 2 is 1.88 bits per heavy atom. The highest BCUT2D eigenvalue weighted by molar-refractivity contribution is 8.00. The standard InChI is InChI=1S/C23H16Cl2N6OS/c1-14(22(32)28-17-4-2-3-15(11-17)13-26)33-23-30-29-21(16-7-9-27-10-8-16)31(23)18-5-6-19(24)20(25)12-18/h2-12,14H,1H3,(H,28,32)/t14-/m1/s1. The molecule has 4 rings (SSSR count). The molecule has 2 aromatic heterocycles. The number of amides is 1. The normalized spacial score (nSPS) is 11.6. The number of halogens is 2. The molecule has 164 valence electrons. The van der Waals surface area contributed by atoms with Crippen LogP contribution in [0.4, 0.5) is 5.69 Å². The largest absolute Gasteiger partial charge is 0.325 e. The van der Waals surface area contributed by atoms with E-state index >= 15 is 0 Å². The molecule has 33 heavy (non-hydrogen) atoms. The third-order valence-corrected chi connectivity index (χ3v) is 6.43. The second kappa shape index (κ2) is 10.0. The van der Waals surface area contributed by atoms with Crippen LogP contribution in [0.25, 0.3) is 17.1 Å². The van der Waals surface area contributed by atoms with Crippen molar-refractivity contribution in [3.05, 3.63) is 82.6 Å². The van der Waals surface area contributed by atoms with Crippen molar-refractivity contribution in [2.45, 2.75) is 17.3 Å². The number of carbonyl (C=O) groups excluding carboxylic acids is 1. The Hall–Kier alpha value is -3.38. The molecular formula is C23H16Cl2N6OS. The number of hydrogen-bond acceptors (Lipinski definition) is 6. The van der Waals surface area contributed by atoms with Crippen molar-refractivity contribution in [3.63, 3.8) is 0 Å². The van der Waals surface area contributed by atoms with Gasteiger partial charge in [0.2, 0.25) is 5.91 Å². The Balaban J connectivity index is 1.65. The predicted octanol–water partition coefficient (Wildman–Crippen LogP) is 5.63. The summed E-state index contributed by atoms with van der Waals surface area (Å²) in [5, 5.41) is 21.4. The fourth-order valence-corrected chi connectivity index (χ4v) is 4.17. The van der Waals surface area contributed by atoms with Gasteiger partial charge in [0.25, 0.3) is 0 Å². The van der Waals surface area contributed by atoms with Gasteiger partial charge in [-0.3, -0.25) is 14.3 Å². The van der Waals surface area contributed by atoms with Crippen molar-refractivity contribution in [1.29, 1.82) is 5.26 Å². The molecule has 7 nitrogen and oxygen atoms in total. The van der Waals surface area contributed by atoms with E-state index in [1.807, 2.05) is 22.8 Å². The van der Waals surface area contributed by atoms with Crippen LogP contribution in [0.2, 0.25) is 10.0 Å². The molecule has 0 radical (unpaired) electrons. The summed E-state index contributed by atoms with van der Waals surface area (Å²) in [6, 6.07) is 17.7. The number of carbonyl (C=O) groups is 1. The molecule has 0 bridgehead atoms. The Bertz CT molecular complexity index is 1350. The van der Waals surface area contributed by atoms with E-state index in [4.69, 9.17) is 28.5 Å². The third kappa shape index (κ3) is 5.17. The summed E-state index contributed by atoms with van der Waals surface area (Å²) in [7, 11) is 0. The Morgan fingerprint density at radius 1 is 1.09 bits per heavy atom. The van der Waals surface area contributed by atoms with Gasteiger partial charge in [-0.1, -0.05) is 41.0 Å². The lowest BCUT2D eigenvalue weighted by Gasteiger charge is -2.14. The number of nitrogens with zero attached hydrogens (tertiary/aromatic N) is 5. The number of rotatable bonds is 6. The van der Waals surface area contributed by atoms with Gasteiger partial charge in [-0.15, -0.1) is 10.2 Å². The number of thioether (sulfide) groups is 1. The Labute approximate surface area is 204 Å². The zero-order chi connectivity index (χ0) is 23.4. The molecule has 0 aliphatic heterocycles. The first-order chi connectivity index (χ1) is 16.0. The fourth-order valence-electron chi connectivity index (χ4n) is 3.01. The number of anilines is 1. The van der Waals surface area contributed by atoms with E-state index < -0.39 is 5.25 Å². The first kappa shape index (κ1) is 22.8. The molecule has 1 N–H and O–H groups in total. The van der Waals surface area contributed by atoms with E-state index in [0.29, 0.717) is 38.0 Å². The average molecular weight is 495 g/mol. The predicted molar refractivity (Wildman–Crippen MR) is 130 cm³/mol. The number of hydrogen-bond donors (Lipinski definition) is 1. The van der Waals surface area contributed by atoms with Gasteiger partial charge >= 0.3 is 0 Å². The van der Waals surface area contributed by atoms with Crippen molar-refractivity contribution in [2.24, 2.45) is 0 Å². The molecule has 0 saturated heterocycles. The van der Waals surface area contributed by atoms with Crippen LogP contribution in [0.5, 0.6) is 0 Å². The molecule has 4 aromatic rings. The van der Waals surface area contributed by atoms with Crippen molar-refractivity contribution in [2.75, 3.05) is 5.32 Å². The van der Waals surface area contributed by atoms with Crippen LogP contribution in [0.3, 0.4) is 0 Å². The van der Waals surface area contributed by atoms with Gasteiger partial charge in [-0.05, 0) is 55.5 Å². The average Bonchev–Trinajstić information content (AvgIpc) is 3.25. The maximum absolute atomic E-state index is 12.8. The minimum atomic E-state index is -0.508. The van der Waals surface area contributed by atoms with Crippen LogP contribution in [0.1, 0.15) is 12.5 Å². The van der Waals surface area contributed by atoms with Crippen LogP contribution >= 0.6 is 35.0 Å². The van der Waals surface area contributed by atoms with Gasteiger partial charge in [-0.2, -0.15) is 5.26 Å². The summed E-state index contributed by atoms with van der Waals surface area (Å²) in [6.45, 7) is 1.77. The summed E-state index contributed by atoms with van der Waals surface area (Å²) in [5.74, 6) is 0.344. The molecular weight excluding hydrogens is 479 g/mol. The van der Waals surface area contributed by atoms with E-state index in [2.05, 4.69) is 26.6 Å². The number of nitriles is 1. The Kier molecular flexibility index (Phi) is 6.94. The summed E-state index contributed by atoms with van der Waals surface area (Å²) in [5.41, 5.74) is 2.53. The second-order valence-electron chi connectivity index (χ2n) is 6.92. The molecule has 0 aliphatic rings. The number of benzene rings is 2. The second-order valence-corrected chi connectivity index (χ2v) is 9.04. The molecule has 0 saturated carbocycles. The van der Waals surface area contributed by atoms with Crippen LogP contribution in [0, 0.1) is 11.3 Å². The maximum Gasteiger partial charge on any atom is 0.237 e. The summed E-state index contributed by atoms with van der Waals surface area (Å²) >= 11 is 13.6. The zero-order valence-corrected chi connectivity index (χ0v) is 19.6. The van der Waals surface area contributed by atoms with Crippen LogP contribution in [-0.2, 0) is 4.79 Å². The minimum absolute atomic E-state index is 0.232. The Morgan fingerprint density at radius 3 is 2.61 bits per heavy atom. The maximum atomic E-state index is 12.8. The summed E-state index contributed by atoms with van der Waals surface area (Å²) in [6.07, 6.45) is 3.34. The zero-order valence-electron chi connectivity index (χ0n) is 17.2. The first-order valence-corrected chi connectivity index (χ1v) is 11.4. The minimum Gasteiger partial charge on any atom is -0.325 e. The highest BCUT2D eigenvalue weighted by Gasteiger charge is 2.22. The van der Waals surface area contributed by atoms with Gasteiger partial charge in [0.1, 0.15) is 0 Å². The van der Waals surface area contributed by atoms with E-state index in [0.717, 1.165) is 5.56 Å². The fraction of sp³-hybridized carbons (Fsp3) is 0.0870. The smallest absolute Gasteiger partial charge is 0.237 e. The van der Waals surface area contributed by atoms with Crippen molar-refractivity contribution >= 4 is 46.6 Å². The number of pyridine rings is 1. The van der Waals surface area contributed by atoms with Crippen LogP contribution in [-0.4, -0.2) is 30.9 Å². The van der Waals surface area contributed by atoms with Gasteiger partial charge in [0.05, 0.1) is 32.6 Å². The molecule has 2 heterocycles. The van der Waals surface area contributed by atoms with Gasteiger partial charge in [-0.25, -0.2) is 0 Å². The molecule has 1 atom stereocenters. The molecule has 0 spiro atoms. The lowest BCUT2D eigenvalue weighted by Crippen LogP contribution is -2.23. The lowest BCUT2D eigenvalue weighted by atomic mass is 10.2. The van der Waals surface area contributed by atoms with Gasteiger partial charge in [0, 0.05) is 23.6 Å². The van der Waals surface area contributed by atoms with E-state index in [1.54, 1.807) is 55.7 Å².